The van der Waals surface area contributed by atoms with Crippen molar-refractivity contribution in [1.29, 1.82) is 0 Å². The van der Waals surface area contributed by atoms with E-state index in [0.29, 0.717) is 11.4 Å². The number of hydrogen-bond donors (Lipinski definition) is 1. The van der Waals surface area contributed by atoms with Crippen molar-refractivity contribution in [3.63, 3.8) is 0 Å². The fourth-order valence-electron chi connectivity index (χ4n) is 1.36. The molecule has 1 heterocycles. The third kappa shape index (κ3) is 1.96. The van der Waals surface area contributed by atoms with E-state index in [2.05, 4.69) is 9.97 Å². The second-order valence-electron chi connectivity index (χ2n) is 3.60. The van der Waals surface area contributed by atoms with E-state index in [1.165, 1.54) is 0 Å². The minimum Gasteiger partial charge on any atom is -0.507 e. The van der Waals surface area contributed by atoms with E-state index in [0.717, 1.165) is 11.1 Å². The van der Waals surface area contributed by atoms with E-state index in [-0.39, 0.29) is 5.75 Å². The normalized spacial score (nSPS) is 10.3. The first-order valence-electron chi connectivity index (χ1n) is 4.75. The van der Waals surface area contributed by atoms with Crippen molar-refractivity contribution in [1.82, 2.24) is 9.97 Å². The summed E-state index contributed by atoms with van der Waals surface area (Å²) in [5.41, 5.74) is 2.76. The lowest BCUT2D eigenvalue weighted by molar-refractivity contribution is 0.476. The van der Waals surface area contributed by atoms with Crippen molar-refractivity contribution in [2.45, 2.75) is 13.8 Å². The first-order valence-corrected chi connectivity index (χ1v) is 4.75. The van der Waals surface area contributed by atoms with Gasteiger partial charge in [0.05, 0.1) is 5.56 Å². The standard InChI is InChI=1S/C12H12N2O/c1-8-3-4-11(15)10(5-8)12-13-6-9(2)7-14-12/h3-7,15H,1-2H3. The molecule has 0 aliphatic heterocycles. The van der Waals surface area contributed by atoms with Gasteiger partial charge in [-0.1, -0.05) is 11.6 Å². The Balaban J connectivity index is 2.53. The van der Waals surface area contributed by atoms with Crippen molar-refractivity contribution in [3.05, 3.63) is 41.7 Å². The molecule has 0 fully saturated rings. The molecule has 0 atom stereocenters. The van der Waals surface area contributed by atoms with Gasteiger partial charge in [0.15, 0.2) is 5.82 Å². The molecule has 0 amide bonds. The second kappa shape index (κ2) is 3.69. The molecule has 0 saturated heterocycles. The molecule has 0 aliphatic rings. The van der Waals surface area contributed by atoms with E-state index in [1.807, 2.05) is 26.0 Å². The van der Waals surface area contributed by atoms with Gasteiger partial charge in [0.2, 0.25) is 0 Å². The van der Waals surface area contributed by atoms with Crippen LogP contribution in [0.5, 0.6) is 5.75 Å². The van der Waals surface area contributed by atoms with Crippen LogP contribution in [0, 0.1) is 13.8 Å². The van der Waals surface area contributed by atoms with Crippen LogP contribution in [0.15, 0.2) is 30.6 Å². The van der Waals surface area contributed by atoms with Crippen molar-refractivity contribution in [3.8, 4) is 17.1 Å². The Labute approximate surface area is 88.5 Å². The number of rotatable bonds is 1. The van der Waals surface area contributed by atoms with Gasteiger partial charge in [-0.2, -0.15) is 0 Å². The van der Waals surface area contributed by atoms with Crippen molar-refractivity contribution in [2.24, 2.45) is 0 Å². The largest absolute Gasteiger partial charge is 0.507 e. The van der Waals surface area contributed by atoms with Crippen molar-refractivity contribution < 1.29 is 5.11 Å². The fourth-order valence-corrected chi connectivity index (χ4v) is 1.36. The highest BCUT2D eigenvalue weighted by Gasteiger charge is 2.06. The lowest BCUT2D eigenvalue weighted by Crippen LogP contribution is -1.90. The monoisotopic (exact) mass is 200 g/mol. The highest BCUT2D eigenvalue weighted by molar-refractivity contribution is 5.64. The van der Waals surface area contributed by atoms with Crippen LogP contribution in [0.2, 0.25) is 0 Å². The minimum absolute atomic E-state index is 0.212. The molecular formula is C12H12N2O. The number of hydrogen-bond acceptors (Lipinski definition) is 3. The Hall–Kier alpha value is -1.90. The van der Waals surface area contributed by atoms with Crippen molar-refractivity contribution in [2.75, 3.05) is 0 Å². The third-order valence-electron chi connectivity index (χ3n) is 2.17. The summed E-state index contributed by atoms with van der Waals surface area (Å²) in [7, 11) is 0. The molecule has 1 aromatic heterocycles. The molecule has 0 saturated carbocycles. The molecule has 0 bridgehead atoms. The maximum absolute atomic E-state index is 9.68. The average molecular weight is 200 g/mol. The molecule has 0 radical (unpaired) electrons. The molecule has 2 rings (SSSR count). The molecule has 1 N–H and O–H groups in total. The Bertz CT molecular complexity index is 477. The molecule has 2 aromatic rings. The summed E-state index contributed by atoms with van der Waals surface area (Å²) in [6, 6.07) is 5.39. The number of phenolic OH excluding ortho intramolecular Hbond substituents is 1. The van der Waals surface area contributed by atoms with Crippen LogP contribution in [0.3, 0.4) is 0 Å². The zero-order valence-corrected chi connectivity index (χ0v) is 8.73. The van der Waals surface area contributed by atoms with Gasteiger partial charge in [-0.25, -0.2) is 9.97 Å². The first-order chi connectivity index (χ1) is 7.16. The molecule has 3 heteroatoms. The number of aryl methyl sites for hydroxylation is 2. The van der Waals surface area contributed by atoms with Gasteiger partial charge < -0.3 is 5.11 Å². The lowest BCUT2D eigenvalue weighted by Gasteiger charge is -2.04. The highest BCUT2D eigenvalue weighted by atomic mass is 16.3. The van der Waals surface area contributed by atoms with Gasteiger partial charge in [-0.05, 0) is 31.5 Å². The number of phenols is 1. The summed E-state index contributed by atoms with van der Waals surface area (Å²) in [6.45, 7) is 3.90. The number of nitrogens with zero attached hydrogens (tertiary/aromatic N) is 2. The zero-order chi connectivity index (χ0) is 10.8. The van der Waals surface area contributed by atoms with Crippen LogP contribution in [0.4, 0.5) is 0 Å². The predicted molar refractivity (Wildman–Crippen MR) is 58.6 cm³/mol. The predicted octanol–water partition coefficient (Wildman–Crippen LogP) is 2.47. The smallest absolute Gasteiger partial charge is 0.162 e. The van der Waals surface area contributed by atoms with Gasteiger partial charge in [0.25, 0.3) is 0 Å². The van der Waals surface area contributed by atoms with E-state index in [9.17, 15) is 5.11 Å². The lowest BCUT2D eigenvalue weighted by atomic mass is 10.1. The van der Waals surface area contributed by atoms with E-state index < -0.39 is 0 Å². The van der Waals surface area contributed by atoms with Gasteiger partial charge >= 0.3 is 0 Å². The zero-order valence-electron chi connectivity index (χ0n) is 8.73. The third-order valence-corrected chi connectivity index (χ3v) is 2.17. The van der Waals surface area contributed by atoms with Crippen LogP contribution < -0.4 is 0 Å². The molecule has 76 valence electrons. The number of benzene rings is 1. The highest BCUT2D eigenvalue weighted by Crippen LogP contribution is 2.26. The van der Waals surface area contributed by atoms with E-state index in [1.54, 1.807) is 18.5 Å². The van der Waals surface area contributed by atoms with Gasteiger partial charge in [-0.15, -0.1) is 0 Å². The fraction of sp³-hybridized carbons (Fsp3) is 0.167. The molecule has 3 nitrogen and oxygen atoms in total. The van der Waals surface area contributed by atoms with Crippen LogP contribution in [0.25, 0.3) is 11.4 Å². The first kappa shape index (κ1) is 9.65. The molecule has 15 heavy (non-hydrogen) atoms. The van der Waals surface area contributed by atoms with Crippen LogP contribution in [0.1, 0.15) is 11.1 Å². The molecule has 1 aromatic carbocycles. The Morgan fingerprint density at radius 1 is 1.00 bits per heavy atom. The molecular weight excluding hydrogens is 188 g/mol. The minimum atomic E-state index is 0.212. The second-order valence-corrected chi connectivity index (χ2v) is 3.60. The quantitative estimate of drug-likeness (QED) is 0.769. The molecule has 0 spiro atoms. The number of aromatic nitrogens is 2. The Morgan fingerprint density at radius 2 is 1.67 bits per heavy atom. The maximum Gasteiger partial charge on any atom is 0.162 e. The van der Waals surface area contributed by atoms with Gasteiger partial charge in [0.1, 0.15) is 5.75 Å². The SMILES string of the molecule is Cc1cnc(-c2cc(C)ccc2O)nc1. The van der Waals surface area contributed by atoms with Gasteiger partial charge in [-0.3, -0.25) is 0 Å². The molecule has 0 aliphatic carbocycles. The average Bonchev–Trinajstić information content (AvgIpc) is 2.23. The van der Waals surface area contributed by atoms with E-state index in [4.69, 9.17) is 0 Å². The Morgan fingerprint density at radius 3 is 2.33 bits per heavy atom. The summed E-state index contributed by atoms with van der Waals surface area (Å²) in [5.74, 6) is 0.770. The van der Waals surface area contributed by atoms with Crippen molar-refractivity contribution >= 4 is 0 Å². The summed E-state index contributed by atoms with van der Waals surface area (Å²) in [5, 5.41) is 9.68. The Kier molecular flexibility index (Phi) is 2.37. The topological polar surface area (TPSA) is 46.0 Å². The van der Waals surface area contributed by atoms with E-state index >= 15 is 0 Å². The maximum atomic E-state index is 9.68. The van der Waals surface area contributed by atoms with Crippen LogP contribution in [-0.2, 0) is 0 Å². The number of aromatic hydroxyl groups is 1. The van der Waals surface area contributed by atoms with Crippen LogP contribution >= 0.6 is 0 Å². The van der Waals surface area contributed by atoms with Gasteiger partial charge in [0, 0.05) is 12.4 Å². The summed E-state index contributed by atoms with van der Waals surface area (Å²) < 4.78 is 0. The summed E-state index contributed by atoms with van der Waals surface area (Å²) >= 11 is 0. The summed E-state index contributed by atoms with van der Waals surface area (Å²) in [6.07, 6.45) is 3.48. The summed E-state index contributed by atoms with van der Waals surface area (Å²) in [4.78, 5) is 8.36. The molecule has 0 unspecified atom stereocenters. The van der Waals surface area contributed by atoms with Crippen LogP contribution in [-0.4, -0.2) is 15.1 Å².